The summed E-state index contributed by atoms with van der Waals surface area (Å²) in [4.78, 5) is 10.7. The van der Waals surface area contributed by atoms with Gasteiger partial charge >= 0.3 is 5.97 Å². The zero-order chi connectivity index (χ0) is 11.4. The highest BCUT2D eigenvalue weighted by Crippen LogP contribution is 2.18. The quantitative estimate of drug-likeness (QED) is 0.692. The normalized spacial score (nSPS) is 16.4. The van der Waals surface area contributed by atoms with Crippen LogP contribution in [0.2, 0.25) is 0 Å². The fourth-order valence-corrected chi connectivity index (χ4v) is 0.953. The lowest BCUT2D eigenvalue weighted by atomic mass is 9.89. The van der Waals surface area contributed by atoms with E-state index in [1.54, 1.807) is 6.92 Å². The lowest BCUT2D eigenvalue weighted by Gasteiger charge is -2.27. The summed E-state index contributed by atoms with van der Waals surface area (Å²) in [5, 5.41) is 12.1. The molecule has 0 aliphatic heterocycles. The van der Waals surface area contributed by atoms with Crippen LogP contribution in [0.4, 0.5) is 0 Å². The van der Waals surface area contributed by atoms with Crippen LogP contribution in [0.15, 0.2) is 0 Å². The Morgan fingerprint density at radius 1 is 1.43 bits per heavy atom. The summed E-state index contributed by atoms with van der Waals surface area (Å²) in [6.07, 6.45) is 1.09. The van der Waals surface area contributed by atoms with Crippen molar-refractivity contribution in [1.29, 1.82) is 0 Å². The van der Waals surface area contributed by atoms with Crippen LogP contribution >= 0.6 is 0 Å². The van der Waals surface area contributed by atoms with Crippen LogP contribution in [0, 0.1) is 11.3 Å². The van der Waals surface area contributed by atoms with Crippen molar-refractivity contribution in [2.45, 2.75) is 47.1 Å². The Morgan fingerprint density at radius 2 is 1.93 bits per heavy atom. The van der Waals surface area contributed by atoms with Crippen LogP contribution in [0.5, 0.6) is 0 Å². The Kier molecular flexibility index (Phi) is 5.13. The second-order valence-electron chi connectivity index (χ2n) is 4.81. The van der Waals surface area contributed by atoms with Crippen molar-refractivity contribution in [2.75, 3.05) is 6.54 Å². The minimum absolute atomic E-state index is 0.0262. The second-order valence-corrected chi connectivity index (χ2v) is 4.81. The minimum Gasteiger partial charge on any atom is -0.481 e. The molecule has 0 saturated carbocycles. The monoisotopic (exact) mass is 201 g/mol. The number of aliphatic carboxylic acids is 1. The van der Waals surface area contributed by atoms with E-state index in [9.17, 15) is 4.79 Å². The fourth-order valence-electron chi connectivity index (χ4n) is 0.953. The van der Waals surface area contributed by atoms with E-state index in [-0.39, 0.29) is 17.4 Å². The first-order valence-corrected chi connectivity index (χ1v) is 5.26. The molecule has 0 rings (SSSR count). The number of hydrogen-bond donors (Lipinski definition) is 2. The van der Waals surface area contributed by atoms with Gasteiger partial charge in [-0.1, -0.05) is 27.7 Å². The van der Waals surface area contributed by atoms with Crippen molar-refractivity contribution in [3.05, 3.63) is 0 Å². The number of hydrogen-bond acceptors (Lipinski definition) is 2. The standard InChI is InChI=1S/C11H23NO2/c1-6-11(4,5)7-12-9(3)8(2)10(13)14/h8-9,12H,6-7H2,1-5H3,(H,13,14). The van der Waals surface area contributed by atoms with Crippen LogP contribution in [0.25, 0.3) is 0 Å². The van der Waals surface area contributed by atoms with Crippen LogP contribution in [0.1, 0.15) is 41.0 Å². The fraction of sp³-hybridized carbons (Fsp3) is 0.909. The van der Waals surface area contributed by atoms with Gasteiger partial charge in [0.15, 0.2) is 0 Å². The lowest BCUT2D eigenvalue weighted by Crippen LogP contribution is -2.41. The zero-order valence-corrected chi connectivity index (χ0v) is 9.92. The molecular weight excluding hydrogens is 178 g/mol. The van der Waals surface area contributed by atoms with Gasteiger partial charge in [0.1, 0.15) is 0 Å². The Labute approximate surface area is 86.9 Å². The third-order valence-corrected chi connectivity index (χ3v) is 3.00. The molecule has 0 aliphatic carbocycles. The molecule has 0 radical (unpaired) electrons. The summed E-state index contributed by atoms with van der Waals surface area (Å²) in [5.41, 5.74) is 0.243. The van der Waals surface area contributed by atoms with Crippen LogP contribution in [-0.2, 0) is 4.79 Å². The van der Waals surface area contributed by atoms with E-state index in [1.165, 1.54) is 0 Å². The highest BCUT2D eigenvalue weighted by Gasteiger charge is 2.21. The van der Waals surface area contributed by atoms with Gasteiger partial charge in [0, 0.05) is 12.6 Å². The Bertz CT molecular complexity index is 190. The van der Waals surface area contributed by atoms with Crippen molar-refractivity contribution in [3.8, 4) is 0 Å². The van der Waals surface area contributed by atoms with Crippen molar-refractivity contribution in [2.24, 2.45) is 11.3 Å². The van der Waals surface area contributed by atoms with Crippen molar-refractivity contribution in [1.82, 2.24) is 5.32 Å². The second kappa shape index (κ2) is 5.35. The maximum Gasteiger partial charge on any atom is 0.307 e. The van der Waals surface area contributed by atoms with E-state index in [4.69, 9.17) is 5.11 Å². The summed E-state index contributed by atoms with van der Waals surface area (Å²) in [5.74, 6) is -1.07. The summed E-state index contributed by atoms with van der Waals surface area (Å²) >= 11 is 0. The van der Waals surface area contributed by atoms with Crippen LogP contribution < -0.4 is 5.32 Å². The van der Waals surface area contributed by atoms with Gasteiger partial charge in [-0.25, -0.2) is 0 Å². The molecule has 2 N–H and O–H groups in total. The molecule has 0 heterocycles. The predicted octanol–water partition coefficient (Wildman–Crippen LogP) is 2.12. The molecule has 0 saturated heterocycles. The Hall–Kier alpha value is -0.570. The molecule has 0 aromatic heterocycles. The molecule has 84 valence electrons. The van der Waals surface area contributed by atoms with Gasteiger partial charge in [0.25, 0.3) is 0 Å². The molecule has 0 aromatic rings. The zero-order valence-electron chi connectivity index (χ0n) is 9.92. The third-order valence-electron chi connectivity index (χ3n) is 3.00. The molecular formula is C11H23NO2. The molecule has 0 amide bonds. The van der Waals surface area contributed by atoms with E-state index in [0.717, 1.165) is 13.0 Å². The highest BCUT2D eigenvalue weighted by molar-refractivity contribution is 5.70. The molecule has 0 aromatic carbocycles. The number of rotatable bonds is 6. The molecule has 0 aliphatic rings. The molecule has 0 bridgehead atoms. The maximum absolute atomic E-state index is 10.7. The number of nitrogens with one attached hydrogen (secondary N) is 1. The Balaban J connectivity index is 3.96. The Morgan fingerprint density at radius 3 is 2.29 bits per heavy atom. The first-order valence-electron chi connectivity index (χ1n) is 5.26. The third kappa shape index (κ3) is 4.61. The van der Waals surface area contributed by atoms with E-state index >= 15 is 0 Å². The van der Waals surface area contributed by atoms with Gasteiger partial charge in [-0.2, -0.15) is 0 Å². The summed E-state index contributed by atoms with van der Waals surface area (Å²) in [7, 11) is 0. The van der Waals surface area contributed by atoms with E-state index in [1.807, 2.05) is 6.92 Å². The summed E-state index contributed by atoms with van der Waals surface area (Å²) < 4.78 is 0. The van der Waals surface area contributed by atoms with E-state index in [2.05, 4.69) is 26.1 Å². The number of carboxylic acid groups (broad SMARTS) is 1. The average molecular weight is 201 g/mol. The molecule has 3 nitrogen and oxygen atoms in total. The molecule has 2 atom stereocenters. The molecule has 14 heavy (non-hydrogen) atoms. The molecule has 0 fully saturated rings. The first kappa shape index (κ1) is 13.4. The number of carbonyl (C=O) groups is 1. The highest BCUT2D eigenvalue weighted by atomic mass is 16.4. The average Bonchev–Trinajstić information content (AvgIpc) is 2.13. The topological polar surface area (TPSA) is 49.3 Å². The van der Waals surface area contributed by atoms with E-state index < -0.39 is 5.97 Å². The largest absolute Gasteiger partial charge is 0.481 e. The molecule has 0 spiro atoms. The molecule has 2 unspecified atom stereocenters. The van der Waals surface area contributed by atoms with Gasteiger partial charge in [-0.3, -0.25) is 4.79 Å². The minimum atomic E-state index is -0.737. The van der Waals surface area contributed by atoms with Crippen molar-refractivity contribution in [3.63, 3.8) is 0 Å². The first-order chi connectivity index (χ1) is 6.30. The summed E-state index contributed by atoms with van der Waals surface area (Å²) in [6, 6.07) is 0.0262. The van der Waals surface area contributed by atoms with Gasteiger partial charge < -0.3 is 10.4 Å². The predicted molar refractivity (Wildman–Crippen MR) is 58.3 cm³/mol. The maximum atomic E-state index is 10.7. The van der Waals surface area contributed by atoms with Gasteiger partial charge in [0.05, 0.1) is 5.92 Å². The van der Waals surface area contributed by atoms with Crippen molar-refractivity contribution >= 4 is 5.97 Å². The number of carboxylic acids is 1. The van der Waals surface area contributed by atoms with Gasteiger partial charge in [-0.15, -0.1) is 0 Å². The van der Waals surface area contributed by atoms with E-state index in [0.29, 0.717) is 0 Å². The van der Waals surface area contributed by atoms with Gasteiger partial charge in [-0.05, 0) is 18.8 Å². The van der Waals surface area contributed by atoms with Crippen LogP contribution in [-0.4, -0.2) is 23.7 Å². The lowest BCUT2D eigenvalue weighted by molar-refractivity contribution is -0.142. The van der Waals surface area contributed by atoms with Gasteiger partial charge in [0.2, 0.25) is 0 Å². The van der Waals surface area contributed by atoms with Crippen molar-refractivity contribution < 1.29 is 9.90 Å². The molecule has 3 heteroatoms. The van der Waals surface area contributed by atoms with Crippen LogP contribution in [0.3, 0.4) is 0 Å². The smallest absolute Gasteiger partial charge is 0.307 e. The summed E-state index contributed by atoms with van der Waals surface area (Å²) in [6.45, 7) is 11.0. The SMILES string of the molecule is CCC(C)(C)CNC(C)C(C)C(=O)O.